The van der Waals surface area contributed by atoms with Crippen molar-refractivity contribution in [2.45, 2.75) is 5.75 Å². The average Bonchev–Trinajstić information content (AvgIpc) is 3.04. The van der Waals surface area contributed by atoms with Gasteiger partial charge in [0.05, 0.1) is 13.7 Å². The molecule has 5 nitrogen and oxygen atoms in total. The minimum absolute atomic E-state index is 0.228. The minimum atomic E-state index is -0.228. The summed E-state index contributed by atoms with van der Waals surface area (Å²) in [6.07, 6.45) is 2.00. The first-order valence-corrected chi connectivity index (χ1v) is 9.67. The third kappa shape index (κ3) is 3.96. The summed E-state index contributed by atoms with van der Waals surface area (Å²) in [6.45, 7) is 0.705. The molecule has 1 heterocycles. The number of furan rings is 1. The van der Waals surface area contributed by atoms with E-state index in [-0.39, 0.29) is 5.91 Å². The van der Waals surface area contributed by atoms with Gasteiger partial charge in [-0.2, -0.15) is 11.8 Å². The Hall–Kier alpha value is -2.60. The lowest BCUT2D eigenvalue weighted by Gasteiger charge is -2.10. The topological polar surface area (TPSA) is 60.7 Å². The molecule has 0 aliphatic rings. The third-order valence-corrected chi connectivity index (χ3v) is 4.48. The molecule has 0 spiro atoms. The van der Waals surface area contributed by atoms with Crippen LogP contribution in [0.1, 0.15) is 16.1 Å². The van der Waals surface area contributed by atoms with Crippen molar-refractivity contribution in [3.63, 3.8) is 0 Å². The predicted octanol–water partition coefficient (Wildman–Crippen LogP) is 4.11. The van der Waals surface area contributed by atoms with Crippen molar-refractivity contribution in [3.8, 4) is 11.5 Å². The maximum atomic E-state index is 12.6. The van der Waals surface area contributed by atoms with E-state index in [0.717, 1.165) is 22.3 Å². The summed E-state index contributed by atoms with van der Waals surface area (Å²) in [7, 11) is 1.60. The molecule has 0 atom stereocenters. The molecule has 0 fully saturated rings. The molecule has 3 aromatic rings. The van der Waals surface area contributed by atoms with Gasteiger partial charge in [0, 0.05) is 16.7 Å². The fraction of sp³-hybridized carbons (Fsp3) is 0.250. The van der Waals surface area contributed by atoms with Gasteiger partial charge in [0.1, 0.15) is 12.2 Å². The molecule has 2 aromatic carbocycles. The van der Waals surface area contributed by atoms with Gasteiger partial charge in [0.2, 0.25) is 0 Å². The van der Waals surface area contributed by atoms with Crippen LogP contribution >= 0.6 is 11.8 Å². The van der Waals surface area contributed by atoms with Gasteiger partial charge >= 0.3 is 0 Å². The minimum Gasteiger partial charge on any atom is -0.493 e. The first-order valence-electron chi connectivity index (χ1n) is 8.28. The highest BCUT2D eigenvalue weighted by molar-refractivity contribution is 7.97. The molecule has 6 heteroatoms. The quantitative estimate of drug-likeness (QED) is 0.604. The number of hydrogen-bond donors (Lipinski definition) is 1. The molecule has 1 N–H and O–H groups in total. The molecule has 0 aliphatic carbocycles. The molecule has 26 heavy (non-hydrogen) atoms. The molecule has 0 unspecified atom stereocenters. The number of rotatable bonds is 8. The van der Waals surface area contributed by atoms with Crippen molar-refractivity contribution >= 4 is 28.6 Å². The number of ether oxygens (including phenoxy) is 2. The Bertz CT molecular complexity index is 890. The second kappa shape index (κ2) is 8.67. The number of amides is 1. The van der Waals surface area contributed by atoms with Crippen LogP contribution < -0.4 is 14.8 Å². The molecule has 3 rings (SSSR count). The molecular weight excluding hydrogens is 350 g/mol. The van der Waals surface area contributed by atoms with Gasteiger partial charge in [0.25, 0.3) is 5.91 Å². The fourth-order valence-corrected chi connectivity index (χ4v) is 3.29. The number of para-hydroxylation sites is 3. The summed E-state index contributed by atoms with van der Waals surface area (Å²) in [4.78, 5) is 12.6. The van der Waals surface area contributed by atoms with Crippen molar-refractivity contribution in [2.24, 2.45) is 0 Å². The van der Waals surface area contributed by atoms with E-state index in [1.165, 1.54) is 0 Å². The summed E-state index contributed by atoms with van der Waals surface area (Å²) >= 11 is 1.66. The van der Waals surface area contributed by atoms with Gasteiger partial charge in [-0.25, -0.2) is 0 Å². The third-order valence-electron chi connectivity index (χ3n) is 3.91. The van der Waals surface area contributed by atoms with Gasteiger partial charge in [-0.3, -0.25) is 4.79 Å². The van der Waals surface area contributed by atoms with Gasteiger partial charge in [-0.05, 0) is 24.5 Å². The molecular formula is C20H21NO4S. The Balaban J connectivity index is 1.63. The summed E-state index contributed by atoms with van der Waals surface area (Å²) in [5.41, 5.74) is 1.66. The van der Waals surface area contributed by atoms with Crippen LogP contribution in [0.3, 0.4) is 0 Å². The number of nitrogens with one attached hydrogen (secondary N) is 1. The number of benzene rings is 2. The monoisotopic (exact) mass is 371 g/mol. The highest BCUT2D eigenvalue weighted by Gasteiger charge is 2.19. The first kappa shape index (κ1) is 18.2. The molecule has 0 radical (unpaired) electrons. The maximum absolute atomic E-state index is 12.6. The molecule has 1 amide bonds. The van der Waals surface area contributed by atoms with E-state index < -0.39 is 0 Å². The van der Waals surface area contributed by atoms with Crippen molar-refractivity contribution in [1.82, 2.24) is 5.32 Å². The summed E-state index contributed by atoms with van der Waals surface area (Å²) in [6, 6.07) is 15.1. The molecule has 0 saturated heterocycles. The molecule has 136 valence electrons. The highest BCUT2D eigenvalue weighted by atomic mass is 32.2. The Morgan fingerprint density at radius 3 is 2.62 bits per heavy atom. The van der Waals surface area contributed by atoms with Crippen LogP contribution in [0.2, 0.25) is 0 Å². The lowest BCUT2D eigenvalue weighted by molar-refractivity contribution is 0.0920. The van der Waals surface area contributed by atoms with Crippen molar-refractivity contribution in [1.29, 1.82) is 0 Å². The van der Waals surface area contributed by atoms with E-state index in [9.17, 15) is 4.79 Å². The van der Waals surface area contributed by atoms with Crippen LogP contribution in [-0.4, -0.2) is 32.4 Å². The average molecular weight is 371 g/mol. The number of thioether (sulfide) groups is 1. The smallest absolute Gasteiger partial charge is 0.287 e. The fourth-order valence-electron chi connectivity index (χ4n) is 2.71. The SMILES string of the molecule is COc1ccccc1OCCNC(=O)c1oc2ccccc2c1CSC. The van der Waals surface area contributed by atoms with E-state index in [2.05, 4.69) is 5.32 Å². The lowest BCUT2D eigenvalue weighted by Crippen LogP contribution is -2.28. The van der Waals surface area contributed by atoms with E-state index in [4.69, 9.17) is 13.9 Å². The molecule has 0 aliphatic heterocycles. The molecule has 0 bridgehead atoms. The van der Waals surface area contributed by atoms with E-state index in [0.29, 0.717) is 30.4 Å². The number of carbonyl (C=O) groups is 1. The first-order chi connectivity index (χ1) is 12.7. The van der Waals surface area contributed by atoms with Crippen LogP contribution in [0.15, 0.2) is 52.9 Å². The number of fused-ring (bicyclic) bond motifs is 1. The maximum Gasteiger partial charge on any atom is 0.287 e. The molecule has 1 aromatic heterocycles. The molecule has 0 saturated carbocycles. The standard InChI is InChI=1S/C20H21NO4S/c1-23-17-9-5-6-10-18(17)24-12-11-21-20(22)19-15(13-26-2)14-7-3-4-8-16(14)25-19/h3-10H,11-13H2,1-2H3,(H,21,22). The summed E-state index contributed by atoms with van der Waals surface area (Å²) in [5, 5.41) is 3.84. The van der Waals surface area contributed by atoms with Crippen LogP contribution in [-0.2, 0) is 5.75 Å². The lowest BCUT2D eigenvalue weighted by atomic mass is 10.1. The second-order valence-electron chi connectivity index (χ2n) is 5.59. The van der Waals surface area contributed by atoms with Gasteiger partial charge in [0.15, 0.2) is 17.3 Å². The zero-order valence-corrected chi connectivity index (χ0v) is 15.6. The van der Waals surface area contributed by atoms with Crippen molar-refractivity contribution in [3.05, 3.63) is 59.9 Å². The Labute approximate surface area is 156 Å². The predicted molar refractivity (Wildman–Crippen MR) is 104 cm³/mol. The zero-order valence-electron chi connectivity index (χ0n) is 14.8. The zero-order chi connectivity index (χ0) is 18.4. The Morgan fingerprint density at radius 1 is 1.12 bits per heavy atom. The second-order valence-corrected chi connectivity index (χ2v) is 6.46. The van der Waals surface area contributed by atoms with Gasteiger partial charge < -0.3 is 19.2 Å². The number of methoxy groups -OCH3 is 1. The van der Waals surface area contributed by atoms with Crippen LogP contribution in [0.25, 0.3) is 11.0 Å². The van der Waals surface area contributed by atoms with E-state index >= 15 is 0 Å². The normalized spacial score (nSPS) is 10.7. The van der Waals surface area contributed by atoms with Crippen LogP contribution in [0.4, 0.5) is 0 Å². The Morgan fingerprint density at radius 2 is 1.85 bits per heavy atom. The van der Waals surface area contributed by atoms with E-state index in [1.54, 1.807) is 18.9 Å². The van der Waals surface area contributed by atoms with E-state index in [1.807, 2.05) is 54.8 Å². The van der Waals surface area contributed by atoms with Gasteiger partial charge in [-0.15, -0.1) is 0 Å². The summed E-state index contributed by atoms with van der Waals surface area (Å²) in [5.74, 6) is 2.18. The highest BCUT2D eigenvalue weighted by Crippen LogP contribution is 2.29. The summed E-state index contributed by atoms with van der Waals surface area (Å²) < 4.78 is 16.7. The van der Waals surface area contributed by atoms with Crippen molar-refractivity contribution < 1.29 is 18.7 Å². The van der Waals surface area contributed by atoms with Crippen LogP contribution in [0.5, 0.6) is 11.5 Å². The van der Waals surface area contributed by atoms with Crippen molar-refractivity contribution in [2.75, 3.05) is 26.5 Å². The Kier molecular flexibility index (Phi) is 6.07. The number of carbonyl (C=O) groups excluding carboxylic acids is 1. The van der Waals surface area contributed by atoms with Gasteiger partial charge in [-0.1, -0.05) is 30.3 Å². The van der Waals surface area contributed by atoms with Crippen LogP contribution in [0, 0.1) is 0 Å². The largest absolute Gasteiger partial charge is 0.493 e. The number of hydrogen-bond acceptors (Lipinski definition) is 5.